The van der Waals surface area contributed by atoms with E-state index in [1.165, 1.54) is 16.8 Å². The van der Waals surface area contributed by atoms with Crippen LogP contribution in [0.15, 0.2) is 52.1 Å². The minimum Gasteiger partial charge on any atom is -0.490 e. The first-order valence-electron chi connectivity index (χ1n) is 11.5. The van der Waals surface area contributed by atoms with Gasteiger partial charge in [-0.05, 0) is 86.0 Å². The predicted molar refractivity (Wildman–Crippen MR) is 140 cm³/mol. The van der Waals surface area contributed by atoms with Gasteiger partial charge in [0.15, 0.2) is 17.3 Å². The van der Waals surface area contributed by atoms with E-state index in [-0.39, 0.29) is 11.4 Å². The van der Waals surface area contributed by atoms with Gasteiger partial charge in [-0.15, -0.1) is 0 Å². The number of carbonyl (C=O) groups excluding carboxylic acids is 1. The van der Waals surface area contributed by atoms with Crippen molar-refractivity contribution in [2.75, 3.05) is 19.8 Å². The van der Waals surface area contributed by atoms with Crippen LogP contribution in [0.1, 0.15) is 37.0 Å². The molecule has 2 aromatic carbocycles. The summed E-state index contributed by atoms with van der Waals surface area (Å²) in [7, 11) is 0. The average molecular weight is 493 g/mol. The first-order valence-corrected chi connectivity index (χ1v) is 12.3. The molecule has 4 rings (SSSR count). The molecule has 0 radical (unpaired) electrons. The molecule has 35 heavy (non-hydrogen) atoms. The van der Waals surface area contributed by atoms with E-state index in [1.807, 2.05) is 45.9 Å². The van der Waals surface area contributed by atoms with E-state index in [9.17, 15) is 4.79 Å². The first kappa shape index (κ1) is 24.5. The fourth-order valence-electron chi connectivity index (χ4n) is 3.67. The number of nitrogens with zero attached hydrogens (tertiary/aromatic N) is 3. The summed E-state index contributed by atoms with van der Waals surface area (Å²) in [6, 6.07) is 11.5. The van der Waals surface area contributed by atoms with Crippen LogP contribution in [0.4, 0.5) is 0 Å². The summed E-state index contributed by atoms with van der Waals surface area (Å²) < 4.78 is 17.5. The quantitative estimate of drug-likeness (QED) is 0.382. The fraction of sp³-hybridized carbons (Fsp3) is 0.308. The van der Waals surface area contributed by atoms with Crippen LogP contribution in [0.3, 0.4) is 0 Å². The highest BCUT2D eigenvalue weighted by Crippen LogP contribution is 2.32. The molecule has 9 heteroatoms. The van der Waals surface area contributed by atoms with Crippen molar-refractivity contribution in [2.45, 2.75) is 34.1 Å². The molecule has 8 nitrogen and oxygen atoms in total. The van der Waals surface area contributed by atoms with Crippen molar-refractivity contribution in [3.05, 3.63) is 58.7 Å². The number of hydrogen-bond donors (Lipinski definition) is 1. The monoisotopic (exact) mass is 492 g/mol. The van der Waals surface area contributed by atoms with Crippen molar-refractivity contribution in [3.8, 4) is 17.2 Å². The molecule has 0 aliphatic carbocycles. The Hall–Kier alpha value is -3.59. The summed E-state index contributed by atoms with van der Waals surface area (Å²) in [4.78, 5) is 16.7. The number of carbonyl (C=O) groups is 1. The Morgan fingerprint density at radius 3 is 2.46 bits per heavy atom. The van der Waals surface area contributed by atoms with Gasteiger partial charge in [0.2, 0.25) is 5.17 Å². The molecule has 2 heterocycles. The van der Waals surface area contributed by atoms with Crippen molar-refractivity contribution < 1.29 is 19.0 Å². The molecule has 0 saturated heterocycles. The summed E-state index contributed by atoms with van der Waals surface area (Å²) in [5, 5.41) is 15.5. The van der Waals surface area contributed by atoms with E-state index in [0.29, 0.717) is 42.1 Å². The second-order valence-electron chi connectivity index (χ2n) is 8.03. The van der Waals surface area contributed by atoms with Gasteiger partial charge in [-0.2, -0.15) is 15.1 Å². The Bertz CT molecular complexity index is 1230. The highest BCUT2D eigenvalue weighted by Gasteiger charge is 2.35. The Kier molecular flexibility index (Phi) is 7.55. The highest BCUT2D eigenvalue weighted by molar-refractivity contribution is 8.26. The van der Waals surface area contributed by atoms with E-state index in [2.05, 4.69) is 16.2 Å². The zero-order chi connectivity index (χ0) is 24.9. The lowest BCUT2D eigenvalue weighted by atomic mass is 10.1. The second kappa shape index (κ2) is 10.8. The minimum atomic E-state index is -0.455. The summed E-state index contributed by atoms with van der Waals surface area (Å²) in [6.45, 7) is 9.13. The first-order chi connectivity index (χ1) is 16.9. The van der Waals surface area contributed by atoms with Crippen molar-refractivity contribution in [1.82, 2.24) is 5.01 Å². The fourth-order valence-corrected chi connectivity index (χ4v) is 4.50. The van der Waals surface area contributed by atoms with E-state index in [1.54, 1.807) is 18.2 Å². The van der Waals surface area contributed by atoms with Gasteiger partial charge in [-0.25, -0.2) is 0 Å². The lowest BCUT2D eigenvalue weighted by molar-refractivity contribution is -0.114. The summed E-state index contributed by atoms with van der Waals surface area (Å²) in [5.41, 5.74) is 3.17. The molecular formula is C26H28N4O4S. The van der Waals surface area contributed by atoms with Crippen molar-refractivity contribution in [3.63, 3.8) is 0 Å². The number of hydrogen-bond acceptors (Lipinski definition) is 7. The maximum absolute atomic E-state index is 12.6. The third-order valence-electron chi connectivity index (χ3n) is 5.18. The molecule has 1 N–H and O–H groups in total. The van der Waals surface area contributed by atoms with Crippen molar-refractivity contribution in [2.24, 2.45) is 10.1 Å². The number of nitrogens with one attached hydrogen (secondary N) is 1. The number of fused-ring (bicyclic) bond motifs is 1. The molecule has 182 valence electrons. The Labute approximate surface area is 209 Å². The number of hydrazone groups is 1. The van der Waals surface area contributed by atoms with Gasteiger partial charge in [-0.3, -0.25) is 10.2 Å². The number of thioether (sulfide) groups is 1. The second-order valence-corrected chi connectivity index (χ2v) is 9.07. The van der Waals surface area contributed by atoms with Gasteiger partial charge in [0.05, 0.1) is 12.2 Å². The van der Waals surface area contributed by atoms with E-state index in [0.717, 1.165) is 28.3 Å². The van der Waals surface area contributed by atoms with Crippen LogP contribution < -0.4 is 14.2 Å². The topological polar surface area (TPSA) is 96.6 Å². The zero-order valence-corrected chi connectivity index (χ0v) is 21.1. The molecule has 2 aliphatic rings. The predicted octanol–water partition coefficient (Wildman–Crippen LogP) is 5.19. The van der Waals surface area contributed by atoms with Crippen molar-refractivity contribution >= 4 is 39.8 Å². The van der Waals surface area contributed by atoms with Gasteiger partial charge >= 0.3 is 0 Å². The number of aryl methyl sites for hydroxylation is 2. The van der Waals surface area contributed by atoms with Crippen LogP contribution in [0, 0.1) is 19.3 Å². The average Bonchev–Trinajstić information content (AvgIpc) is 3.23. The molecule has 2 aromatic rings. The molecule has 0 atom stereocenters. The van der Waals surface area contributed by atoms with E-state index < -0.39 is 5.91 Å². The lowest BCUT2D eigenvalue weighted by Crippen LogP contribution is -2.35. The molecule has 2 aliphatic heterocycles. The number of aliphatic imine (C=N–C) groups is 1. The molecule has 0 unspecified atom stereocenters. The Morgan fingerprint density at radius 1 is 1.00 bits per heavy atom. The Balaban J connectivity index is 1.46. The highest BCUT2D eigenvalue weighted by atomic mass is 32.2. The lowest BCUT2D eigenvalue weighted by Gasteiger charge is -2.20. The molecule has 1 amide bonds. The largest absolute Gasteiger partial charge is 0.490 e. The van der Waals surface area contributed by atoms with Crippen LogP contribution in [-0.4, -0.2) is 46.8 Å². The van der Waals surface area contributed by atoms with Gasteiger partial charge in [0, 0.05) is 0 Å². The number of ether oxygens (including phenoxy) is 3. The van der Waals surface area contributed by atoms with Crippen LogP contribution in [-0.2, 0) is 4.79 Å². The van der Waals surface area contributed by atoms with Crippen LogP contribution in [0.25, 0.3) is 6.08 Å². The number of amidine groups is 2. The smallest absolute Gasteiger partial charge is 0.283 e. The third kappa shape index (κ3) is 5.74. The van der Waals surface area contributed by atoms with Crippen molar-refractivity contribution in [1.29, 1.82) is 5.41 Å². The SMILES string of the molecule is CCOc1cc(/C=C2/C(=N)N3N=C(CC)SC3=NC2=O)ccc1OCCOc1cc(C)cc(C)c1. The molecular weight excluding hydrogens is 464 g/mol. The van der Waals surface area contributed by atoms with Gasteiger partial charge in [0.1, 0.15) is 24.0 Å². The molecule has 0 bridgehead atoms. The summed E-state index contributed by atoms with van der Waals surface area (Å²) in [5.74, 6) is 1.50. The molecule has 0 aromatic heterocycles. The van der Waals surface area contributed by atoms with E-state index in [4.69, 9.17) is 19.6 Å². The molecule has 0 fully saturated rings. The minimum absolute atomic E-state index is 0.0118. The van der Waals surface area contributed by atoms with Gasteiger partial charge in [0.25, 0.3) is 5.91 Å². The van der Waals surface area contributed by atoms with Gasteiger partial charge < -0.3 is 14.2 Å². The van der Waals surface area contributed by atoms with E-state index >= 15 is 0 Å². The van der Waals surface area contributed by atoms with Crippen LogP contribution in [0.2, 0.25) is 0 Å². The zero-order valence-electron chi connectivity index (χ0n) is 20.3. The van der Waals surface area contributed by atoms with Gasteiger partial charge in [-0.1, -0.05) is 19.1 Å². The third-order valence-corrected chi connectivity index (χ3v) is 6.23. The number of benzene rings is 2. The molecule has 0 saturated carbocycles. The normalized spacial score (nSPS) is 16.2. The number of amides is 1. The summed E-state index contributed by atoms with van der Waals surface area (Å²) in [6.07, 6.45) is 2.35. The maximum atomic E-state index is 12.6. The molecule has 0 spiro atoms. The Morgan fingerprint density at radius 2 is 1.74 bits per heavy atom. The van der Waals surface area contributed by atoms with Crippen LogP contribution >= 0.6 is 11.8 Å². The summed E-state index contributed by atoms with van der Waals surface area (Å²) >= 11 is 1.32. The number of rotatable bonds is 9. The van der Waals surface area contributed by atoms with Crippen LogP contribution in [0.5, 0.6) is 17.2 Å². The standard InChI is InChI=1S/C26H28N4O4S/c1-5-23-29-30-24(27)20(25(31)28-26(30)35-23)14-18-7-8-21(22(15-18)32-6-2)34-10-9-33-19-12-16(3)11-17(4)13-19/h7-8,11-15,27H,5-6,9-10H2,1-4H3/b20-14-,27-24?. The maximum Gasteiger partial charge on any atom is 0.283 e.